The van der Waals surface area contributed by atoms with Gasteiger partial charge >= 0.3 is 0 Å². The third-order valence-electron chi connectivity index (χ3n) is 2.96. The predicted molar refractivity (Wildman–Crippen MR) is 75.0 cm³/mol. The highest BCUT2D eigenvalue weighted by Gasteiger charge is 2.13. The van der Waals surface area contributed by atoms with Gasteiger partial charge in [0.25, 0.3) is 0 Å². The normalized spacial score (nSPS) is 10.9. The van der Waals surface area contributed by atoms with Crippen LogP contribution < -0.4 is 0 Å². The van der Waals surface area contributed by atoms with Crippen molar-refractivity contribution >= 4 is 27.5 Å². The average molecular weight is 314 g/mol. The van der Waals surface area contributed by atoms with Gasteiger partial charge in [0.15, 0.2) is 0 Å². The molecule has 90 valence electrons. The van der Waals surface area contributed by atoms with E-state index in [1.54, 1.807) is 0 Å². The molecule has 1 heterocycles. The molecule has 2 rings (SSSR count). The number of nitrogens with zero attached hydrogens (tertiary/aromatic N) is 2. The topological polar surface area (TPSA) is 17.8 Å². The van der Waals surface area contributed by atoms with Gasteiger partial charge in [-0.1, -0.05) is 15.9 Å². The fraction of sp³-hybridized carbons (Fsp3) is 0.308. The zero-order valence-electron chi connectivity index (χ0n) is 10.1. The maximum absolute atomic E-state index is 5.94. The van der Waals surface area contributed by atoms with Crippen LogP contribution in [0, 0.1) is 20.8 Å². The SMILES string of the molecule is Cc1cc(Br)ccc1-n1nc(C)c(CCl)c1C. The largest absolute Gasteiger partial charge is 0.237 e. The molecule has 0 N–H and O–H groups in total. The van der Waals surface area contributed by atoms with Crippen molar-refractivity contribution in [1.82, 2.24) is 9.78 Å². The second-order valence-corrected chi connectivity index (χ2v) is 5.31. The molecule has 0 saturated carbocycles. The molecule has 2 aromatic rings. The Kier molecular flexibility index (Phi) is 3.59. The maximum Gasteiger partial charge on any atom is 0.0678 e. The molecule has 0 aliphatic carbocycles. The summed E-state index contributed by atoms with van der Waals surface area (Å²) in [5, 5.41) is 4.56. The zero-order chi connectivity index (χ0) is 12.6. The molecule has 17 heavy (non-hydrogen) atoms. The molecule has 0 saturated heterocycles. The summed E-state index contributed by atoms with van der Waals surface area (Å²) in [7, 11) is 0. The quantitative estimate of drug-likeness (QED) is 0.756. The van der Waals surface area contributed by atoms with Gasteiger partial charge in [-0.2, -0.15) is 5.10 Å². The van der Waals surface area contributed by atoms with Crippen molar-refractivity contribution in [3.63, 3.8) is 0 Å². The molecule has 2 nitrogen and oxygen atoms in total. The summed E-state index contributed by atoms with van der Waals surface area (Å²) in [5.41, 5.74) is 5.52. The Morgan fingerprint density at radius 3 is 2.53 bits per heavy atom. The van der Waals surface area contributed by atoms with E-state index < -0.39 is 0 Å². The fourth-order valence-corrected chi connectivity index (χ4v) is 2.82. The molecule has 4 heteroatoms. The van der Waals surface area contributed by atoms with Crippen LogP contribution in [-0.2, 0) is 5.88 Å². The first kappa shape index (κ1) is 12.7. The van der Waals surface area contributed by atoms with Crippen LogP contribution in [0.4, 0.5) is 0 Å². The van der Waals surface area contributed by atoms with Gasteiger partial charge in [-0.05, 0) is 44.5 Å². The van der Waals surface area contributed by atoms with Crippen LogP contribution in [0.1, 0.15) is 22.5 Å². The molecule has 0 aliphatic heterocycles. The van der Waals surface area contributed by atoms with Crippen molar-refractivity contribution in [2.45, 2.75) is 26.7 Å². The molecule has 0 atom stereocenters. The summed E-state index contributed by atoms with van der Waals surface area (Å²) in [5.74, 6) is 0.507. The predicted octanol–water partition coefficient (Wildman–Crippen LogP) is 4.30. The Morgan fingerprint density at radius 2 is 2.00 bits per heavy atom. The smallest absolute Gasteiger partial charge is 0.0678 e. The first-order chi connectivity index (χ1) is 8.04. The Bertz CT molecular complexity index is 561. The van der Waals surface area contributed by atoms with Crippen molar-refractivity contribution in [2.24, 2.45) is 0 Å². The first-order valence-corrected chi connectivity index (χ1v) is 6.75. The third kappa shape index (κ3) is 2.26. The van der Waals surface area contributed by atoms with Crippen LogP contribution in [0.2, 0.25) is 0 Å². The Balaban J connectivity index is 2.61. The fourth-order valence-electron chi connectivity index (χ4n) is 1.96. The molecule has 0 aliphatic rings. The van der Waals surface area contributed by atoms with Gasteiger partial charge in [0.1, 0.15) is 0 Å². The van der Waals surface area contributed by atoms with Gasteiger partial charge in [-0.3, -0.25) is 0 Å². The van der Waals surface area contributed by atoms with Crippen molar-refractivity contribution < 1.29 is 0 Å². The molecule has 0 radical (unpaired) electrons. The van der Waals surface area contributed by atoms with Crippen LogP contribution in [0.25, 0.3) is 5.69 Å². The van der Waals surface area contributed by atoms with E-state index in [2.05, 4.69) is 47.0 Å². The molecule has 0 amide bonds. The number of aryl methyl sites for hydroxylation is 2. The van der Waals surface area contributed by atoms with Crippen LogP contribution in [0.15, 0.2) is 22.7 Å². The van der Waals surface area contributed by atoms with Gasteiger partial charge in [0.2, 0.25) is 0 Å². The molecule has 1 aromatic heterocycles. The van der Waals surface area contributed by atoms with Crippen molar-refractivity contribution in [3.8, 4) is 5.69 Å². The minimum Gasteiger partial charge on any atom is -0.237 e. The number of benzene rings is 1. The molecule has 0 spiro atoms. The molecule has 1 aromatic carbocycles. The van der Waals surface area contributed by atoms with Crippen LogP contribution in [0.3, 0.4) is 0 Å². The molecule has 0 fully saturated rings. The Labute approximate surface area is 115 Å². The zero-order valence-corrected chi connectivity index (χ0v) is 12.4. The summed E-state index contributed by atoms with van der Waals surface area (Å²) in [4.78, 5) is 0. The molecular weight excluding hydrogens is 300 g/mol. The molecular formula is C13H14BrClN2. The van der Waals surface area contributed by atoms with E-state index in [1.165, 1.54) is 5.56 Å². The number of aromatic nitrogens is 2. The third-order valence-corrected chi connectivity index (χ3v) is 3.72. The molecule has 0 bridgehead atoms. The van der Waals surface area contributed by atoms with E-state index in [-0.39, 0.29) is 0 Å². The van der Waals surface area contributed by atoms with E-state index >= 15 is 0 Å². The van der Waals surface area contributed by atoms with Gasteiger partial charge in [0.05, 0.1) is 17.3 Å². The highest BCUT2D eigenvalue weighted by Crippen LogP contribution is 2.23. The lowest BCUT2D eigenvalue weighted by molar-refractivity contribution is 0.826. The van der Waals surface area contributed by atoms with Crippen molar-refractivity contribution in [1.29, 1.82) is 0 Å². The van der Waals surface area contributed by atoms with Crippen LogP contribution >= 0.6 is 27.5 Å². The number of hydrogen-bond acceptors (Lipinski definition) is 1. The van der Waals surface area contributed by atoms with Crippen LogP contribution in [0.5, 0.6) is 0 Å². The van der Waals surface area contributed by atoms with E-state index in [0.29, 0.717) is 5.88 Å². The van der Waals surface area contributed by atoms with Gasteiger partial charge in [0, 0.05) is 15.7 Å². The Morgan fingerprint density at radius 1 is 1.29 bits per heavy atom. The Hall–Kier alpha value is -0.800. The number of halogens is 2. The minimum atomic E-state index is 0.507. The first-order valence-electron chi connectivity index (χ1n) is 5.42. The van der Waals surface area contributed by atoms with Crippen molar-refractivity contribution in [2.75, 3.05) is 0 Å². The summed E-state index contributed by atoms with van der Waals surface area (Å²) < 4.78 is 3.05. The minimum absolute atomic E-state index is 0.507. The lowest BCUT2D eigenvalue weighted by Gasteiger charge is -2.08. The second-order valence-electron chi connectivity index (χ2n) is 4.13. The number of hydrogen-bond donors (Lipinski definition) is 0. The summed E-state index contributed by atoms with van der Waals surface area (Å²) in [6.45, 7) is 6.13. The number of alkyl halides is 1. The van der Waals surface area contributed by atoms with Gasteiger partial charge < -0.3 is 0 Å². The lowest BCUT2D eigenvalue weighted by atomic mass is 10.2. The monoisotopic (exact) mass is 312 g/mol. The van der Waals surface area contributed by atoms with E-state index in [4.69, 9.17) is 11.6 Å². The standard InChI is InChI=1S/C13H14BrClN2/c1-8-6-11(14)4-5-13(8)17-10(3)12(7-15)9(2)16-17/h4-6H,7H2,1-3H3. The van der Waals surface area contributed by atoms with Crippen molar-refractivity contribution in [3.05, 3.63) is 45.2 Å². The second kappa shape index (κ2) is 4.83. The highest BCUT2D eigenvalue weighted by atomic mass is 79.9. The highest BCUT2D eigenvalue weighted by molar-refractivity contribution is 9.10. The van der Waals surface area contributed by atoms with E-state index in [9.17, 15) is 0 Å². The van der Waals surface area contributed by atoms with Crippen LogP contribution in [-0.4, -0.2) is 9.78 Å². The lowest BCUT2D eigenvalue weighted by Crippen LogP contribution is -2.01. The summed E-state index contributed by atoms with van der Waals surface area (Å²) in [6.07, 6.45) is 0. The van der Waals surface area contributed by atoms with E-state index in [0.717, 1.165) is 27.1 Å². The van der Waals surface area contributed by atoms with Gasteiger partial charge in [-0.25, -0.2) is 4.68 Å². The molecule has 0 unspecified atom stereocenters. The summed E-state index contributed by atoms with van der Waals surface area (Å²) >= 11 is 9.41. The average Bonchev–Trinajstić information content (AvgIpc) is 2.54. The maximum atomic E-state index is 5.94. The van der Waals surface area contributed by atoms with Gasteiger partial charge in [-0.15, -0.1) is 11.6 Å². The van der Waals surface area contributed by atoms with E-state index in [1.807, 2.05) is 17.7 Å². The number of rotatable bonds is 2. The summed E-state index contributed by atoms with van der Waals surface area (Å²) in [6, 6.07) is 6.18.